The van der Waals surface area contributed by atoms with Crippen molar-refractivity contribution in [2.75, 3.05) is 6.61 Å². The molecule has 1 fully saturated rings. The van der Waals surface area contributed by atoms with Crippen molar-refractivity contribution in [2.45, 2.75) is 38.6 Å². The van der Waals surface area contributed by atoms with Crippen LogP contribution in [0.2, 0.25) is 5.02 Å². The Hall–Kier alpha value is -0.510. The van der Waals surface area contributed by atoms with E-state index in [-0.39, 0.29) is 24.3 Å². The van der Waals surface area contributed by atoms with Crippen LogP contribution in [0, 0.1) is 11.7 Å². The van der Waals surface area contributed by atoms with E-state index in [1.165, 1.54) is 25.0 Å². The third kappa shape index (κ3) is 4.83. The second-order valence-corrected chi connectivity index (χ2v) is 5.40. The van der Waals surface area contributed by atoms with Crippen LogP contribution in [0.25, 0.3) is 0 Å². The quantitative estimate of drug-likeness (QED) is 0.863. The molecule has 0 saturated heterocycles. The summed E-state index contributed by atoms with van der Waals surface area (Å²) in [7, 11) is 0. The van der Waals surface area contributed by atoms with Crippen molar-refractivity contribution in [3.63, 3.8) is 0 Å². The summed E-state index contributed by atoms with van der Waals surface area (Å²) in [6.45, 7) is 2.67. The third-order valence-electron chi connectivity index (χ3n) is 3.28. The largest absolute Gasteiger partial charge is 0.493 e. The highest BCUT2D eigenvalue weighted by atomic mass is 35.5. The van der Waals surface area contributed by atoms with Gasteiger partial charge in [0.1, 0.15) is 11.6 Å². The lowest BCUT2D eigenvalue weighted by atomic mass is 10.0. The predicted octanol–water partition coefficient (Wildman–Crippen LogP) is 3.97. The molecule has 0 aromatic heterocycles. The number of hydrogen-bond acceptors (Lipinski definition) is 2. The van der Waals surface area contributed by atoms with Gasteiger partial charge in [0.2, 0.25) is 0 Å². The van der Waals surface area contributed by atoms with Crippen LogP contribution < -0.4 is 10.5 Å². The van der Waals surface area contributed by atoms with E-state index in [9.17, 15) is 4.39 Å². The molecule has 0 spiro atoms. The molecule has 1 aromatic carbocycles. The summed E-state index contributed by atoms with van der Waals surface area (Å²) in [5.41, 5.74) is 6.77. The van der Waals surface area contributed by atoms with Crippen LogP contribution in [-0.2, 0) is 6.42 Å². The third-order valence-corrected chi connectivity index (χ3v) is 3.62. The molecule has 1 saturated carbocycles. The Morgan fingerprint density at radius 3 is 2.74 bits per heavy atom. The summed E-state index contributed by atoms with van der Waals surface area (Å²) in [5.74, 6) is 0.815. The molecule has 0 radical (unpaired) electrons. The standard InChI is InChI=1S/C14H19ClFNO.ClH/c1-2-11(17)7-12-13(15)5-10(16)6-14(12)18-8-9-3-4-9;/h5-6,9,11H,2-4,7-8,17H2,1H3;1H. The highest BCUT2D eigenvalue weighted by Gasteiger charge is 2.23. The zero-order valence-electron chi connectivity index (χ0n) is 11.0. The highest BCUT2D eigenvalue weighted by molar-refractivity contribution is 6.31. The van der Waals surface area contributed by atoms with E-state index in [1.807, 2.05) is 6.92 Å². The van der Waals surface area contributed by atoms with Crippen LogP contribution in [0.4, 0.5) is 4.39 Å². The Labute approximate surface area is 124 Å². The SMILES string of the molecule is CCC(N)Cc1c(Cl)cc(F)cc1OCC1CC1.Cl. The van der Waals surface area contributed by atoms with Crippen LogP contribution in [0.3, 0.4) is 0 Å². The van der Waals surface area contributed by atoms with E-state index in [0.717, 1.165) is 12.0 Å². The van der Waals surface area contributed by atoms with Gasteiger partial charge in [0.05, 0.1) is 11.6 Å². The van der Waals surface area contributed by atoms with E-state index in [1.54, 1.807) is 0 Å². The molecule has 108 valence electrons. The fourth-order valence-electron chi connectivity index (χ4n) is 1.81. The lowest BCUT2D eigenvalue weighted by Gasteiger charge is -2.16. The maximum atomic E-state index is 13.4. The Morgan fingerprint density at radius 2 is 2.16 bits per heavy atom. The van der Waals surface area contributed by atoms with Crippen molar-refractivity contribution < 1.29 is 9.13 Å². The normalized spacial score (nSPS) is 15.8. The highest BCUT2D eigenvalue weighted by Crippen LogP contribution is 2.33. The first-order chi connectivity index (χ1) is 8.60. The summed E-state index contributed by atoms with van der Waals surface area (Å²) in [5, 5.41) is 0.407. The van der Waals surface area contributed by atoms with Gasteiger partial charge < -0.3 is 10.5 Å². The Morgan fingerprint density at radius 1 is 1.47 bits per heavy atom. The lowest BCUT2D eigenvalue weighted by Crippen LogP contribution is -2.22. The van der Waals surface area contributed by atoms with Crippen molar-refractivity contribution in [3.8, 4) is 5.75 Å². The summed E-state index contributed by atoms with van der Waals surface area (Å²) in [6.07, 6.45) is 3.88. The molecule has 19 heavy (non-hydrogen) atoms. The van der Waals surface area contributed by atoms with Crippen molar-refractivity contribution in [3.05, 3.63) is 28.5 Å². The molecule has 1 aromatic rings. The average Bonchev–Trinajstić information content (AvgIpc) is 3.13. The van der Waals surface area contributed by atoms with E-state index in [2.05, 4.69) is 0 Å². The van der Waals surface area contributed by atoms with Crippen LogP contribution >= 0.6 is 24.0 Å². The first-order valence-corrected chi connectivity index (χ1v) is 6.84. The lowest BCUT2D eigenvalue weighted by molar-refractivity contribution is 0.294. The second kappa shape index (κ2) is 7.32. The number of benzene rings is 1. The first kappa shape index (κ1) is 16.5. The van der Waals surface area contributed by atoms with Gasteiger partial charge >= 0.3 is 0 Å². The maximum absolute atomic E-state index is 13.4. The number of rotatable bonds is 6. The Kier molecular flexibility index (Phi) is 6.37. The van der Waals surface area contributed by atoms with Crippen molar-refractivity contribution in [1.82, 2.24) is 0 Å². The molecule has 1 aliphatic rings. The van der Waals surface area contributed by atoms with Crippen molar-refractivity contribution >= 4 is 24.0 Å². The summed E-state index contributed by atoms with van der Waals surface area (Å²) < 4.78 is 19.1. The van der Waals surface area contributed by atoms with Gasteiger partial charge in [-0.2, -0.15) is 0 Å². The number of ether oxygens (including phenoxy) is 1. The van der Waals surface area contributed by atoms with Crippen LogP contribution in [0.15, 0.2) is 12.1 Å². The summed E-state index contributed by atoms with van der Waals surface area (Å²) in [6, 6.07) is 2.76. The molecule has 1 aliphatic carbocycles. The molecular weight excluding hydrogens is 288 g/mol. The molecule has 2 nitrogen and oxygen atoms in total. The van der Waals surface area contributed by atoms with E-state index < -0.39 is 0 Å². The van der Waals surface area contributed by atoms with E-state index in [4.69, 9.17) is 22.1 Å². The first-order valence-electron chi connectivity index (χ1n) is 6.46. The molecule has 1 atom stereocenters. The molecule has 0 amide bonds. The molecular formula is C14H20Cl2FNO. The van der Waals surface area contributed by atoms with Crippen molar-refractivity contribution in [1.29, 1.82) is 0 Å². The molecule has 1 unspecified atom stereocenters. The van der Waals surface area contributed by atoms with Gasteiger partial charge in [-0.25, -0.2) is 4.39 Å². The van der Waals surface area contributed by atoms with Gasteiger partial charge in [-0.3, -0.25) is 0 Å². The minimum absolute atomic E-state index is 0. The molecule has 2 N–H and O–H groups in total. The van der Waals surface area contributed by atoms with Crippen molar-refractivity contribution in [2.24, 2.45) is 11.7 Å². The fourth-order valence-corrected chi connectivity index (χ4v) is 2.08. The summed E-state index contributed by atoms with van der Waals surface area (Å²) in [4.78, 5) is 0. The van der Waals surface area contributed by atoms with Gasteiger partial charge in [-0.05, 0) is 37.7 Å². The number of hydrogen-bond donors (Lipinski definition) is 1. The van der Waals surface area contributed by atoms with Gasteiger partial charge in [0, 0.05) is 17.7 Å². The summed E-state index contributed by atoms with van der Waals surface area (Å²) >= 11 is 6.09. The van der Waals surface area contributed by atoms with E-state index >= 15 is 0 Å². The average molecular weight is 308 g/mol. The molecule has 5 heteroatoms. The van der Waals surface area contributed by atoms with Crippen LogP contribution in [-0.4, -0.2) is 12.6 Å². The van der Waals surface area contributed by atoms with Gasteiger partial charge in [0.15, 0.2) is 0 Å². The maximum Gasteiger partial charge on any atom is 0.128 e. The minimum atomic E-state index is -0.361. The predicted molar refractivity (Wildman–Crippen MR) is 78.8 cm³/mol. The Bertz CT molecular complexity index is 424. The monoisotopic (exact) mass is 307 g/mol. The van der Waals surface area contributed by atoms with Gasteiger partial charge in [-0.1, -0.05) is 18.5 Å². The van der Waals surface area contributed by atoms with E-state index in [0.29, 0.717) is 29.7 Å². The van der Waals surface area contributed by atoms with Gasteiger partial charge in [-0.15, -0.1) is 12.4 Å². The smallest absolute Gasteiger partial charge is 0.128 e. The minimum Gasteiger partial charge on any atom is -0.493 e. The van der Waals surface area contributed by atoms with Crippen LogP contribution in [0.1, 0.15) is 31.7 Å². The zero-order valence-corrected chi connectivity index (χ0v) is 12.6. The molecule has 2 rings (SSSR count). The fraction of sp³-hybridized carbons (Fsp3) is 0.571. The molecule has 0 heterocycles. The number of halogens is 3. The second-order valence-electron chi connectivity index (χ2n) is 4.99. The van der Waals surface area contributed by atoms with Crippen LogP contribution in [0.5, 0.6) is 5.75 Å². The molecule has 0 aliphatic heterocycles. The Balaban J connectivity index is 0.00000180. The zero-order chi connectivity index (χ0) is 13.1. The van der Waals surface area contributed by atoms with Gasteiger partial charge in [0.25, 0.3) is 0 Å². The topological polar surface area (TPSA) is 35.2 Å². The number of nitrogens with two attached hydrogens (primary N) is 1. The molecule has 0 bridgehead atoms.